The molecule has 1 aromatic rings. The normalized spacial score (nSPS) is 9.59. The number of hydrogen-bond acceptors (Lipinski definition) is 2. The highest BCUT2D eigenvalue weighted by Gasteiger charge is 2.05. The summed E-state index contributed by atoms with van der Waals surface area (Å²) in [6.45, 7) is 6.25. The lowest BCUT2D eigenvalue weighted by molar-refractivity contribution is 0.0954. The van der Waals surface area contributed by atoms with Gasteiger partial charge in [-0.3, -0.25) is 4.79 Å². The van der Waals surface area contributed by atoms with Gasteiger partial charge in [-0.25, -0.2) is 0 Å². The van der Waals surface area contributed by atoms with Crippen LogP contribution in [-0.4, -0.2) is 25.5 Å². The van der Waals surface area contributed by atoms with Gasteiger partial charge in [0.1, 0.15) is 0 Å². The van der Waals surface area contributed by atoms with Crippen LogP contribution in [0.4, 0.5) is 0 Å². The maximum Gasteiger partial charge on any atom is 0.251 e. The molecule has 0 aliphatic heterocycles. The highest BCUT2D eigenvalue weighted by Crippen LogP contribution is 2.16. The van der Waals surface area contributed by atoms with E-state index >= 15 is 0 Å². The fraction of sp³-hybridized carbons (Fsp3) is 0.417. The minimum atomic E-state index is -0.0835. The molecule has 0 fully saturated rings. The molecule has 0 spiro atoms. The van der Waals surface area contributed by atoms with E-state index in [1.165, 1.54) is 0 Å². The second-order valence-corrected chi connectivity index (χ2v) is 3.98. The summed E-state index contributed by atoms with van der Waals surface area (Å²) in [6, 6.07) is 5.32. The molecule has 1 amide bonds. The summed E-state index contributed by atoms with van der Waals surface area (Å²) in [5.74, 6) is -0.0835. The number of hydrogen-bond donors (Lipinski definition) is 2. The van der Waals surface area contributed by atoms with Gasteiger partial charge in [-0.1, -0.05) is 24.6 Å². The second-order valence-electron chi connectivity index (χ2n) is 3.57. The number of aryl methyl sites for hydroxylation is 1. The highest BCUT2D eigenvalue weighted by atomic mass is 35.5. The van der Waals surface area contributed by atoms with Crippen LogP contribution < -0.4 is 10.6 Å². The van der Waals surface area contributed by atoms with E-state index in [1.54, 1.807) is 12.1 Å². The average molecular weight is 277 g/mol. The van der Waals surface area contributed by atoms with Gasteiger partial charge < -0.3 is 10.6 Å². The van der Waals surface area contributed by atoms with Gasteiger partial charge >= 0.3 is 0 Å². The SMILES string of the molecule is CCNCCNC(=O)c1ccc(C)c(Cl)c1.Cl. The molecule has 5 heteroatoms. The van der Waals surface area contributed by atoms with Crippen molar-refractivity contribution in [1.29, 1.82) is 0 Å². The first kappa shape index (κ1) is 16.2. The van der Waals surface area contributed by atoms with Crippen LogP contribution in [-0.2, 0) is 0 Å². The molecular weight excluding hydrogens is 259 g/mol. The third kappa shape index (κ3) is 5.39. The molecule has 2 N–H and O–H groups in total. The van der Waals surface area contributed by atoms with Crippen molar-refractivity contribution in [2.45, 2.75) is 13.8 Å². The Balaban J connectivity index is 0.00000256. The Hall–Kier alpha value is -0.770. The Kier molecular flexibility index (Phi) is 7.96. The van der Waals surface area contributed by atoms with Crippen molar-refractivity contribution in [1.82, 2.24) is 10.6 Å². The van der Waals surface area contributed by atoms with Crippen molar-refractivity contribution in [3.05, 3.63) is 34.3 Å². The minimum absolute atomic E-state index is 0. The summed E-state index contributed by atoms with van der Waals surface area (Å²) >= 11 is 5.95. The van der Waals surface area contributed by atoms with Gasteiger partial charge in [0.2, 0.25) is 0 Å². The summed E-state index contributed by atoms with van der Waals surface area (Å²) in [5.41, 5.74) is 1.58. The molecule has 3 nitrogen and oxygen atoms in total. The monoisotopic (exact) mass is 276 g/mol. The van der Waals surface area contributed by atoms with Gasteiger partial charge in [-0.15, -0.1) is 12.4 Å². The van der Waals surface area contributed by atoms with E-state index in [0.717, 1.165) is 18.7 Å². The molecule has 0 unspecified atom stereocenters. The second kappa shape index (κ2) is 8.34. The highest BCUT2D eigenvalue weighted by molar-refractivity contribution is 6.31. The number of amides is 1. The van der Waals surface area contributed by atoms with Crippen molar-refractivity contribution in [3.8, 4) is 0 Å². The third-order valence-corrected chi connectivity index (χ3v) is 2.68. The van der Waals surface area contributed by atoms with Crippen LogP contribution in [0.5, 0.6) is 0 Å². The maximum atomic E-state index is 11.7. The molecule has 1 aromatic carbocycles. The van der Waals surface area contributed by atoms with E-state index in [9.17, 15) is 4.79 Å². The molecule has 0 radical (unpaired) electrons. The van der Waals surface area contributed by atoms with Gasteiger partial charge in [0, 0.05) is 23.7 Å². The van der Waals surface area contributed by atoms with Crippen LogP contribution in [0.15, 0.2) is 18.2 Å². The summed E-state index contributed by atoms with van der Waals surface area (Å²) in [4.78, 5) is 11.7. The number of likely N-dealkylation sites (N-methyl/N-ethyl adjacent to an activating group) is 1. The molecule has 0 saturated carbocycles. The predicted octanol–water partition coefficient (Wildman–Crippen LogP) is 2.41. The van der Waals surface area contributed by atoms with Gasteiger partial charge in [0.15, 0.2) is 0 Å². The summed E-state index contributed by atoms with van der Waals surface area (Å²) in [5, 5.41) is 6.58. The van der Waals surface area contributed by atoms with Gasteiger partial charge in [0.05, 0.1) is 0 Å². The van der Waals surface area contributed by atoms with E-state index in [2.05, 4.69) is 10.6 Å². The fourth-order valence-corrected chi connectivity index (χ4v) is 1.46. The van der Waals surface area contributed by atoms with Crippen LogP contribution in [0.2, 0.25) is 5.02 Å². The van der Waals surface area contributed by atoms with Crippen molar-refractivity contribution >= 4 is 29.9 Å². The maximum absolute atomic E-state index is 11.7. The summed E-state index contributed by atoms with van der Waals surface area (Å²) in [7, 11) is 0. The molecule has 0 aliphatic carbocycles. The molecule has 0 aromatic heterocycles. The lowest BCUT2D eigenvalue weighted by atomic mass is 10.1. The van der Waals surface area contributed by atoms with Crippen LogP contribution >= 0.6 is 24.0 Å². The first-order chi connectivity index (χ1) is 7.65. The summed E-state index contributed by atoms with van der Waals surface area (Å²) in [6.07, 6.45) is 0. The van der Waals surface area contributed by atoms with Gasteiger partial charge in [-0.05, 0) is 31.2 Å². The minimum Gasteiger partial charge on any atom is -0.351 e. The number of carbonyl (C=O) groups is 1. The molecule has 0 aliphatic rings. The smallest absolute Gasteiger partial charge is 0.251 e. The lowest BCUT2D eigenvalue weighted by Gasteiger charge is -2.06. The topological polar surface area (TPSA) is 41.1 Å². The van der Waals surface area contributed by atoms with Crippen molar-refractivity contribution in [3.63, 3.8) is 0 Å². The number of rotatable bonds is 5. The number of halogens is 2. The Labute approximate surface area is 113 Å². The Morgan fingerprint density at radius 3 is 2.65 bits per heavy atom. The number of benzene rings is 1. The molecule has 0 heterocycles. The zero-order valence-electron chi connectivity index (χ0n) is 10.0. The van der Waals surface area contributed by atoms with Crippen LogP contribution in [0.1, 0.15) is 22.8 Å². The molecule has 0 saturated heterocycles. The van der Waals surface area contributed by atoms with E-state index in [1.807, 2.05) is 19.9 Å². The fourth-order valence-electron chi connectivity index (χ4n) is 1.28. The first-order valence-corrected chi connectivity index (χ1v) is 5.78. The van der Waals surface area contributed by atoms with Crippen LogP contribution in [0.25, 0.3) is 0 Å². The molecule has 0 bridgehead atoms. The zero-order chi connectivity index (χ0) is 12.0. The van der Waals surface area contributed by atoms with E-state index < -0.39 is 0 Å². The van der Waals surface area contributed by atoms with Crippen LogP contribution in [0, 0.1) is 6.92 Å². The molecular formula is C12H18Cl2N2O. The number of nitrogens with one attached hydrogen (secondary N) is 2. The van der Waals surface area contributed by atoms with Gasteiger partial charge in [0.25, 0.3) is 5.91 Å². The largest absolute Gasteiger partial charge is 0.351 e. The van der Waals surface area contributed by atoms with Crippen LogP contribution in [0.3, 0.4) is 0 Å². The Bertz CT molecular complexity index is 370. The van der Waals surface area contributed by atoms with Gasteiger partial charge in [-0.2, -0.15) is 0 Å². The predicted molar refractivity (Wildman–Crippen MR) is 74.3 cm³/mol. The Morgan fingerprint density at radius 2 is 2.06 bits per heavy atom. The van der Waals surface area contributed by atoms with Crippen molar-refractivity contribution < 1.29 is 4.79 Å². The quantitative estimate of drug-likeness (QED) is 0.811. The first-order valence-electron chi connectivity index (χ1n) is 5.40. The Morgan fingerprint density at radius 1 is 1.35 bits per heavy atom. The standard InChI is InChI=1S/C12H17ClN2O.ClH/c1-3-14-6-7-15-12(16)10-5-4-9(2)11(13)8-10;/h4-5,8,14H,3,6-7H2,1-2H3,(H,15,16);1H. The zero-order valence-corrected chi connectivity index (χ0v) is 11.6. The van der Waals surface area contributed by atoms with E-state index in [0.29, 0.717) is 17.1 Å². The lowest BCUT2D eigenvalue weighted by Crippen LogP contribution is -2.31. The van der Waals surface area contributed by atoms with Crippen molar-refractivity contribution in [2.75, 3.05) is 19.6 Å². The third-order valence-electron chi connectivity index (χ3n) is 2.27. The van der Waals surface area contributed by atoms with E-state index in [-0.39, 0.29) is 18.3 Å². The molecule has 1 rings (SSSR count). The molecule has 17 heavy (non-hydrogen) atoms. The molecule has 0 atom stereocenters. The van der Waals surface area contributed by atoms with E-state index in [4.69, 9.17) is 11.6 Å². The molecule has 96 valence electrons. The number of carbonyl (C=O) groups excluding carboxylic acids is 1. The summed E-state index contributed by atoms with van der Waals surface area (Å²) < 4.78 is 0. The average Bonchev–Trinajstić information content (AvgIpc) is 2.28. The van der Waals surface area contributed by atoms with Crippen molar-refractivity contribution in [2.24, 2.45) is 0 Å².